The van der Waals surface area contributed by atoms with Gasteiger partial charge in [-0.2, -0.15) is 5.26 Å². The van der Waals surface area contributed by atoms with Crippen molar-refractivity contribution < 1.29 is 13.9 Å². The Morgan fingerprint density at radius 2 is 2.27 bits per heavy atom. The van der Waals surface area contributed by atoms with E-state index in [1.807, 2.05) is 0 Å². The minimum Gasteiger partial charge on any atom is -0.390 e. The lowest BCUT2D eigenvalue weighted by atomic mass is 10.1. The van der Waals surface area contributed by atoms with E-state index >= 15 is 0 Å². The quantitative estimate of drug-likeness (QED) is 0.812. The highest BCUT2D eigenvalue weighted by Crippen LogP contribution is 2.25. The average molecular weight is 233 g/mol. The fraction of sp³-hybridized carbons (Fsp3) is 0.333. The summed E-state index contributed by atoms with van der Waals surface area (Å²) in [6.07, 6.45) is -2.78. The van der Waals surface area contributed by atoms with Crippen LogP contribution >= 0.6 is 11.6 Å². The van der Waals surface area contributed by atoms with Crippen molar-refractivity contribution in [1.82, 2.24) is 4.98 Å². The van der Waals surface area contributed by atoms with Crippen LogP contribution < -0.4 is 0 Å². The molecule has 1 aromatic heterocycles. The summed E-state index contributed by atoms with van der Waals surface area (Å²) in [5.41, 5.74) is -0.495. The topological polar surface area (TPSA) is 56.9 Å². The maximum Gasteiger partial charge on any atom is 0.265 e. The number of pyridine rings is 1. The van der Waals surface area contributed by atoms with E-state index < -0.39 is 18.6 Å². The molecule has 3 nitrogen and oxygen atoms in total. The van der Waals surface area contributed by atoms with Crippen molar-refractivity contribution in [2.45, 2.75) is 18.9 Å². The molecule has 1 aromatic rings. The van der Waals surface area contributed by atoms with E-state index in [0.29, 0.717) is 0 Å². The standard InChI is InChI=1S/C9H7ClF2N2O/c10-2-8-7(3-13)6(9(11)12)1-5(4-15)14-8/h1,9,15H,2,4H2. The molecule has 6 heteroatoms. The normalized spacial score (nSPS) is 10.4. The fourth-order valence-electron chi connectivity index (χ4n) is 1.16. The van der Waals surface area contributed by atoms with Crippen LogP contribution in [0.2, 0.25) is 0 Å². The van der Waals surface area contributed by atoms with E-state index in [4.69, 9.17) is 22.0 Å². The first-order valence-corrected chi connectivity index (χ1v) is 4.55. The number of nitriles is 1. The average Bonchev–Trinajstić information content (AvgIpc) is 2.26. The molecule has 15 heavy (non-hydrogen) atoms. The van der Waals surface area contributed by atoms with Crippen molar-refractivity contribution in [3.63, 3.8) is 0 Å². The molecule has 0 spiro atoms. The molecule has 1 heterocycles. The van der Waals surface area contributed by atoms with Crippen LogP contribution in [-0.2, 0) is 12.5 Å². The number of hydrogen-bond donors (Lipinski definition) is 1. The summed E-state index contributed by atoms with van der Waals surface area (Å²) < 4.78 is 25.1. The highest BCUT2D eigenvalue weighted by molar-refractivity contribution is 6.17. The SMILES string of the molecule is N#Cc1c(C(F)F)cc(CO)nc1CCl. The van der Waals surface area contributed by atoms with Crippen molar-refractivity contribution in [2.24, 2.45) is 0 Å². The molecule has 0 aliphatic carbocycles. The summed E-state index contributed by atoms with van der Waals surface area (Å²) in [5, 5.41) is 17.5. The second-order valence-corrected chi connectivity index (χ2v) is 3.00. The van der Waals surface area contributed by atoms with Gasteiger partial charge in [-0.25, -0.2) is 8.78 Å². The Kier molecular flexibility index (Phi) is 3.95. The molecule has 0 saturated heterocycles. The molecule has 0 fully saturated rings. The first kappa shape index (κ1) is 11.8. The van der Waals surface area contributed by atoms with Gasteiger partial charge in [0, 0.05) is 5.56 Å². The Balaban J connectivity index is 3.41. The summed E-state index contributed by atoms with van der Waals surface area (Å²) in [6, 6.07) is 2.65. The number of rotatable bonds is 3. The molecule has 0 saturated carbocycles. The van der Waals surface area contributed by atoms with Gasteiger partial charge in [-0.3, -0.25) is 4.98 Å². The van der Waals surface area contributed by atoms with Gasteiger partial charge in [-0.05, 0) is 6.07 Å². The molecule has 80 valence electrons. The van der Waals surface area contributed by atoms with Crippen molar-refractivity contribution in [3.8, 4) is 6.07 Å². The highest BCUT2D eigenvalue weighted by Gasteiger charge is 2.18. The predicted molar refractivity (Wildman–Crippen MR) is 49.4 cm³/mol. The molecule has 0 unspecified atom stereocenters. The van der Waals surface area contributed by atoms with Crippen LogP contribution in [0.1, 0.15) is 28.9 Å². The van der Waals surface area contributed by atoms with Gasteiger partial charge >= 0.3 is 0 Å². The van der Waals surface area contributed by atoms with Crippen LogP contribution in [0.4, 0.5) is 8.78 Å². The lowest BCUT2D eigenvalue weighted by molar-refractivity contribution is 0.150. The maximum absolute atomic E-state index is 12.5. The third kappa shape index (κ3) is 2.41. The lowest BCUT2D eigenvalue weighted by Crippen LogP contribution is -2.03. The molecule has 1 rings (SSSR count). The molecular weight excluding hydrogens is 226 g/mol. The van der Waals surface area contributed by atoms with Crippen molar-refractivity contribution in [2.75, 3.05) is 0 Å². The minimum absolute atomic E-state index is 0.0704. The van der Waals surface area contributed by atoms with Crippen LogP contribution in [0.5, 0.6) is 0 Å². The zero-order chi connectivity index (χ0) is 11.4. The van der Waals surface area contributed by atoms with Gasteiger partial charge in [0.15, 0.2) is 0 Å². The van der Waals surface area contributed by atoms with Gasteiger partial charge in [-0.15, -0.1) is 11.6 Å². The van der Waals surface area contributed by atoms with Crippen LogP contribution in [0.25, 0.3) is 0 Å². The van der Waals surface area contributed by atoms with Crippen LogP contribution in [0.15, 0.2) is 6.07 Å². The van der Waals surface area contributed by atoms with Crippen LogP contribution in [-0.4, -0.2) is 10.1 Å². The first-order valence-electron chi connectivity index (χ1n) is 4.01. The molecule has 0 aromatic carbocycles. The van der Waals surface area contributed by atoms with E-state index in [2.05, 4.69) is 4.98 Å². The van der Waals surface area contributed by atoms with Crippen molar-refractivity contribution in [3.05, 3.63) is 28.6 Å². The van der Waals surface area contributed by atoms with E-state index in [-0.39, 0.29) is 22.8 Å². The lowest BCUT2D eigenvalue weighted by Gasteiger charge is -2.08. The molecule has 1 N–H and O–H groups in total. The largest absolute Gasteiger partial charge is 0.390 e. The smallest absolute Gasteiger partial charge is 0.265 e. The number of halogens is 3. The molecule has 0 aliphatic heterocycles. The van der Waals surface area contributed by atoms with Crippen LogP contribution in [0, 0.1) is 11.3 Å². The van der Waals surface area contributed by atoms with Gasteiger partial charge < -0.3 is 5.11 Å². The van der Waals surface area contributed by atoms with Crippen LogP contribution in [0.3, 0.4) is 0 Å². The van der Waals surface area contributed by atoms with Gasteiger partial charge in [0.25, 0.3) is 6.43 Å². The van der Waals surface area contributed by atoms with Gasteiger partial charge in [0.05, 0.1) is 29.4 Å². The Labute approximate surface area is 89.9 Å². The van der Waals surface area contributed by atoms with Gasteiger partial charge in [0.1, 0.15) is 6.07 Å². The number of aliphatic hydroxyl groups is 1. The number of aliphatic hydroxyl groups excluding tert-OH is 1. The zero-order valence-corrected chi connectivity index (χ0v) is 8.30. The fourth-order valence-corrected chi connectivity index (χ4v) is 1.35. The summed E-state index contributed by atoms with van der Waals surface area (Å²) >= 11 is 5.48. The molecule has 0 bridgehead atoms. The van der Waals surface area contributed by atoms with E-state index in [1.54, 1.807) is 6.07 Å². The third-order valence-corrected chi connectivity index (χ3v) is 2.07. The number of hydrogen-bond acceptors (Lipinski definition) is 3. The summed E-state index contributed by atoms with van der Waals surface area (Å²) in [5.74, 6) is -0.142. The van der Waals surface area contributed by atoms with Crippen molar-refractivity contribution in [1.29, 1.82) is 5.26 Å². The molecule has 0 atom stereocenters. The molecule has 0 amide bonds. The van der Waals surface area contributed by atoms with Crippen molar-refractivity contribution >= 4 is 11.6 Å². The molecular formula is C9H7ClF2N2O. The first-order chi connectivity index (χ1) is 7.13. The van der Waals surface area contributed by atoms with E-state index in [1.165, 1.54) is 0 Å². The molecule has 0 aliphatic rings. The second kappa shape index (κ2) is 5.01. The Morgan fingerprint density at radius 3 is 2.67 bits per heavy atom. The van der Waals surface area contributed by atoms with E-state index in [0.717, 1.165) is 6.07 Å². The van der Waals surface area contributed by atoms with Gasteiger partial charge in [0.2, 0.25) is 0 Å². The number of nitrogens with zero attached hydrogens (tertiary/aromatic N) is 2. The van der Waals surface area contributed by atoms with E-state index in [9.17, 15) is 8.78 Å². The zero-order valence-electron chi connectivity index (χ0n) is 7.54. The minimum atomic E-state index is -2.78. The summed E-state index contributed by atoms with van der Waals surface area (Å²) in [4.78, 5) is 3.79. The Bertz CT molecular complexity index is 404. The molecule has 0 radical (unpaired) electrons. The second-order valence-electron chi connectivity index (χ2n) is 2.73. The van der Waals surface area contributed by atoms with Gasteiger partial charge in [-0.1, -0.05) is 0 Å². The Hall–Kier alpha value is -1.25. The third-order valence-electron chi connectivity index (χ3n) is 1.81. The Morgan fingerprint density at radius 1 is 1.60 bits per heavy atom. The maximum atomic E-state index is 12.5. The number of alkyl halides is 3. The number of aromatic nitrogens is 1. The highest BCUT2D eigenvalue weighted by atomic mass is 35.5. The monoisotopic (exact) mass is 232 g/mol. The summed E-state index contributed by atoms with van der Waals surface area (Å²) in [7, 11) is 0. The summed E-state index contributed by atoms with van der Waals surface area (Å²) in [6.45, 7) is -0.463. The predicted octanol–water partition coefficient (Wildman–Crippen LogP) is 2.12.